The summed E-state index contributed by atoms with van der Waals surface area (Å²) in [5.74, 6) is 0. The lowest BCUT2D eigenvalue weighted by molar-refractivity contribution is -0.0704. The molecule has 0 bridgehead atoms. The minimum Gasteiger partial charge on any atom is -0.364 e. The van der Waals surface area contributed by atoms with Crippen molar-refractivity contribution in [3.63, 3.8) is 0 Å². The molecule has 0 radical (unpaired) electrons. The standard InChI is InChI=1S/C5H9BrO/c1-2-4-3-5(6)7-4/h4-5H,2-3H2,1H3. The molecule has 0 aromatic rings. The van der Waals surface area contributed by atoms with E-state index in [-0.39, 0.29) is 0 Å². The van der Waals surface area contributed by atoms with Gasteiger partial charge in [0.15, 0.2) is 0 Å². The molecular formula is C5H9BrO. The molecule has 7 heavy (non-hydrogen) atoms. The van der Waals surface area contributed by atoms with Gasteiger partial charge in [-0.2, -0.15) is 0 Å². The van der Waals surface area contributed by atoms with Gasteiger partial charge in [0.25, 0.3) is 0 Å². The lowest BCUT2D eigenvalue weighted by atomic mass is 10.1. The Balaban J connectivity index is 2.06. The molecule has 42 valence electrons. The van der Waals surface area contributed by atoms with Gasteiger partial charge in [-0.3, -0.25) is 0 Å². The molecule has 0 N–H and O–H groups in total. The van der Waals surface area contributed by atoms with Crippen LogP contribution in [0.5, 0.6) is 0 Å². The monoisotopic (exact) mass is 164 g/mol. The molecule has 0 aromatic heterocycles. The van der Waals surface area contributed by atoms with Crippen molar-refractivity contribution in [1.82, 2.24) is 0 Å². The summed E-state index contributed by atoms with van der Waals surface area (Å²) in [5.41, 5.74) is 0. The zero-order chi connectivity index (χ0) is 5.28. The molecule has 0 aliphatic carbocycles. The van der Waals surface area contributed by atoms with E-state index >= 15 is 0 Å². The number of alkyl halides is 1. The smallest absolute Gasteiger partial charge is 0.115 e. The minimum absolute atomic E-state index is 0.359. The van der Waals surface area contributed by atoms with Gasteiger partial charge in [-0.15, -0.1) is 0 Å². The fourth-order valence-corrected chi connectivity index (χ4v) is 1.39. The van der Waals surface area contributed by atoms with Crippen LogP contribution < -0.4 is 0 Å². The summed E-state index contributed by atoms with van der Waals surface area (Å²) < 4.78 is 5.20. The van der Waals surface area contributed by atoms with E-state index in [9.17, 15) is 0 Å². The molecule has 0 amide bonds. The molecule has 0 spiro atoms. The number of rotatable bonds is 1. The highest BCUT2D eigenvalue weighted by atomic mass is 79.9. The maximum atomic E-state index is 5.20. The Morgan fingerprint density at radius 2 is 2.43 bits per heavy atom. The topological polar surface area (TPSA) is 9.23 Å². The van der Waals surface area contributed by atoms with Gasteiger partial charge in [0.1, 0.15) is 5.01 Å². The maximum Gasteiger partial charge on any atom is 0.115 e. The first-order chi connectivity index (χ1) is 3.33. The third-order valence-corrected chi connectivity index (χ3v) is 1.83. The third-order valence-electron chi connectivity index (χ3n) is 1.24. The van der Waals surface area contributed by atoms with Crippen molar-refractivity contribution in [3.8, 4) is 0 Å². The zero-order valence-electron chi connectivity index (χ0n) is 4.36. The molecule has 0 saturated carbocycles. The van der Waals surface area contributed by atoms with E-state index in [4.69, 9.17) is 4.74 Å². The van der Waals surface area contributed by atoms with E-state index in [2.05, 4.69) is 22.9 Å². The first kappa shape index (κ1) is 5.57. The van der Waals surface area contributed by atoms with Crippen LogP contribution in [-0.4, -0.2) is 11.1 Å². The van der Waals surface area contributed by atoms with Gasteiger partial charge in [0.05, 0.1) is 6.10 Å². The summed E-state index contributed by atoms with van der Waals surface area (Å²) in [4.78, 5) is 0. The SMILES string of the molecule is CCC1CC(Br)O1. The van der Waals surface area contributed by atoms with Gasteiger partial charge in [-0.25, -0.2) is 0 Å². The largest absolute Gasteiger partial charge is 0.364 e. The van der Waals surface area contributed by atoms with E-state index in [0.717, 1.165) is 6.42 Å². The molecule has 2 unspecified atom stereocenters. The summed E-state index contributed by atoms with van der Waals surface area (Å²) >= 11 is 3.32. The van der Waals surface area contributed by atoms with Crippen LogP contribution in [0.25, 0.3) is 0 Å². The summed E-state index contributed by atoms with van der Waals surface area (Å²) in [5, 5.41) is 0.359. The normalized spacial score (nSPS) is 40.3. The minimum atomic E-state index is 0.359. The Morgan fingerprint density at radius 1 is 1.86 bits per heavy atom. The van der Waals surface area contributed by atoms with Crippen molar-refractivity contribution in [2.24, 2.45) is 0 Å². The second-order valence-electron chi connectivity index (χ2n) is 1.81. The molecule has 1 aliphatic rings. The second-order valence-corrected chi connectivity index (χ2v) is 2.83. The highest BCUT2D eigenvalue weighted by Crippen LogP contribution is 2.26. The molecular weight excluding hydrogens is 156 g/mol. The van der Waals surface area contributed by atoms with Gasteiger partial charge in [-0.05, 0) is 6.42 Å². The van der Waals surface area contributed by atoms with Crippen LogP contribution in [0.2, 0.25) is 0 Å². The molecule has 1 aliphatic heterocycles. The first-order valence-electron chi connectivity index (χ1n) is 2.62. The lowest BCUT2D eigenvalue weighted by Gasteiger charge is -2.30. The number of hydrogen-bond acceptors (Lipinski definition) is 1. The molecule has 1 heterocycles. The van der Waals surface area contributed by atoms with Gasteiger partial charge < -0.3 is 4.74 Å². The Hall–Kier alpha value is 0.440. The van der Waals surface area contributed by atoms with Crippen molar-refractivity contribution >= 4 is 15.9 Å². The van der Waals surface area contributed by atoms with Crippen molar-refractivity contribution in [3.05, 3.63) is 0 Å². The summed E-state index contributed by atoms with van der Waals surface area (Å²) in [6.07, 6.45) is 2.89. The van der Waals surface area contributed by atoms with E-state index in [1.807, 2.05) is 0 Å². The molecule has 1 saturated heterocycles. The van der Waals surface area contributed by atoms with Crippen LogP contribution in [0.3, 0.4) is 0 Å². The van der Waals surface area contributed by atoms with Crippen molar-refractivity contribution < 1.29 is 4.74 Å². The Morgan fingerprint density at radius 3 is 2.57 bits per heavy atom. The maximum absolute atomic E-state index is 5.20. The van der Waals surface area contributed by atoms with Crippen molar-refractivity contribution in [2.45, 2.75) is 30.9 Å². The molecule has 0 aromatic carbocycles. The van der Waals surface area contributed by atoms with E-state index in [0.29, 0.717) is 11.1 Å². The summed E-state index contributed by atoms with van der Waals surface area (Å²) in [6.45, 7) is 2.14. The fraction of sp³-hybridized carbons (Fsp3) is 1.00. The number of ether oxygens (including phenoxy) is 1. The Bertz CT molecular complexity index is 59.1. The second kappa shape index (κ2) is 2.14. The van der Waals surface area contributed by atoms with Crippen LogP contribution in [0.4, 0.5) is 0 Å². The zero-order valence-corrected chi connectivity index (χ0v) is 5.94. The number of hydrogen-bond donors (Lipinski definition) is 0. The Labute approximate surface area is 52.2 Å². The highest BCUT2D eigenvalue weighted by Gasteiger charge is 2.24. The van der Waals surface area contributed by atoms with E-state index in [1.54, 1.807) is 0 Å². The van der Waals surface area contributed by atoms with E-state index < -0.39 is 0 Å². The predicted octanol–water partition coefficient (Wildman–Crippen LogP) is 1.91. The van der Waals surface area contributed by atoms with Crippen molar-refractivity contribution in [1.29, 1.82) is 0 Å². The third kappa shape index (κ3) is 1.16. The van der Waals surface area contributed by atoms with Crippen LogP contribution in [0, 0.1) is 0 Å². The van der Waals surface area contributed by atoms with Crippen LogP contribution in [0.1, 0.15) is 19.8 Å². The van der Waals surface area contributed by atoms with Gasteiger partial charge in [0.2, 0.25) is 0 Å². The lowest BCUT2D eigenvalue weighted by Crippen LogP contribution is -2.31. The summed E-state index contributed by atoms with van der Waals surface area (Å²) in [6, 6.07) is 0. The summed E-state index contributed by atoms with van der Waals surface area (Å²) in [7, 11) is 0. The number of halogens is 1. The fourth-order valence-electron chi connectivity index (χ4n) is 0.667. The average molecular weight is 165 g/mol. The van der Waals surface area contributed by atoms with Gasteiger partial charge in [0, 0.05) is 6.42 Å². The van der Waals surface area contributed by atoms with Crippen LogP contribution >= 0.6 is 15.9 Å². The first-order valence-corrected chi connectivity index (χ1v) is 3.54. The quantitative estimate of drug-likeness (QED) is 0.539. The molecule has 1 nitrogen and oxygen atoms in total. The average Bonchev–Trinajstić information content (AvgIpc) is 1.58. The van der Waals surface area contributed by atoms with Gasteiger partial charge >= 0.3 is 0 Å². The molecule has 1 rings (SSSR count). The van der Waals surface area contributed by atoms with Crippen LogP contribution in [0.15, 0.2) is 0 Å². The highest BCUT2D eigenvalue weighted by molar-refractivity contribution is 9.09. The Kier molecular flexibility index (Phi) is 1.70. The van der Waals surface area contributed by atoms with Gasteiger partial charge in [-0.1, -0.05) is 22.9 Å². The molecule has 2 heteroatoms. The predicted molar refractivity (Wildman–Crippen MR) is 32.5 cm³/mol. The van der Waals surface area contributed by atoms with E-state index in [1.165, 1.54) is 6.42 Å². The molecule has 2 atom stereocenters. The van der Waals surface area contributed by atoms with Crippen molar-refractivity contribution in [2.75, 3.05) is 0 Å². The van der Waals surface area contributed by atoms with Crippen LogP contribution in [-0.2, 0) is 4.74 Å². The molecule has 1 fully saturated rings.